The number of amides is 2. The highest BCUT2D eigenvalue weighted by atomic mass is 16.4. The molecule has 1 aromatic rings. The Hall–Kier alpha value is -2.04. The normalized spacial score (nSPS) is 18.0. The lowest BCUT2D eigenvalue weighted by Crippen LogP contribution is -2.44. The van der Waals surface area contributed by atoms with E-state index in [0.717, 1.165) is 37.1 Å². The van der Waals surface area contributed by atoms with E-state index < -0.39 is 5.97 Å². The van der Waals surface area contributed by atoms with Crippen LogP contribution in [0.25, 0.3) is 0 Å². The highest BCUT2D eigenvalue weighted by Gasteiger charge is 2.28. The van der Waals surface area contributed by atoms with Crippen molar-refractivity contribution in [2.75, 3.05) is 19.6 Å². The minimum atomic E-state index is -0.888. The molecule has 2 aliphatic rings. The van der Waals surface area contributed by atoms with Gasteiger partial charge in [-0.15, -0.1) is 0 Å². The molecule has 0 aromatic heterocycles. The van der Waals surface area contributed by atoms with Gasteiger partial charge < -0.3 is 14.9 Å². The van der Waals surface area contributed by atoms with E-state index in [0.29, 0.717) is 25.1 Å². The lowest BCUT2D eigenvalue weighted by atomic mass is 9.94. The first-order chi connectivity index (χ1) is 9.66. The van der Waals surface area contributed by atoms with Crippen LogP contribution in [0.5, 0.6) is 0 Å². The number of aromatic carboxylic acids is 1. The molecule has 0 bridgehead atoms. The quantitative estimate of drug-likeness (QED) is 0.851. The fraction of sp³-hybridized carbons (Fsp3) is 0.467. The number of fused-ring (bicyclic) bond motifs is 1. The number of likely N-dealkylation sites (tertiary alicyclic amines) is 1. The van der Waals surface area contributed by atoms with E-state index in [1.807, 2.05) is 15.9 Å². The molecule has 0 unspecified atom stereocenters. The van der Waals surface area contributed by atoms with E-state index in [9.17, 15) is 14.7 Å². The lowest BCUT2D eigenvalue weighted by Gasteiger charge is -2.32. The Bertz CT molecular complexity index is 550. The third-order valence-electron chi connectivity index (χ3n) is 4.14. The molecule has 2 amide bonds. The summed E-state index contributed by atoms with van der Waals surface area (Å²) in [5.41, 5.74) is 2.21. The average molecular weight is 274 g/mol. The van der Waals surface area contributed by atoms with Crippen LogP contribution in [-0.4, -0.2) is 46.5 Å². The Balaban J connectivity index is 1.80. The van der Waals surface area contributed by atoms with Crippen molar-refractivity contribution >= 4 is 12.0 Å². The van der Waals surface area contributed by atoms with Gasteiger partial charge >= 0.3 is 12.0 Å². The first kappa shape index (κ1) is 13.0. The van der Waals surface area contributed by atoms with Crippen molar-refractivity contribution in [1.29, 1.82) is 0 Å². The van der Waals surface area contributed by atoms with Crippen molar-refractivity contribution in [3.05, 3.63) is 34.9 Å². The van der Waals surface area contributed by atoms with Crippen molar-refractivity contribution in [3.63, 3.8) is 0 Å². The number of hydrogen-bond acceptors (Lipinski definition) is 2. The SMILES string of the molecule is O=C(O)c1cccc2c1CCN(C(=O)N1CCCC1)C2. The number of carboxylic acid groups (broad SMARTS) is 1. The molecule has 1 fully saturated rings. The van der Waals surface area contributed by atoms with Gasteiger partial charge in [-0.05, 0) is 36.5 Å². The van der Waals surface area contributed by atoms with Crippen LogP contribution in [0.15, 0.2) is 18.2 Å². The fourth-order valence-electron chi connectivity index (χ4n) is 3.08. The van der Waals surface area contributed by atoms with Gasteiger partial charge in [0.2, 0.25) is 0 Å². The summed E-state index contributed by atoms with van der Waals surface area (Å²) in [6, 6.07) is 5.41. The number of carbonyl (C=O) groups is 2. The van der Waals surface area contributed by atoms with Crippen molar-refractivity contribution in [2.24, 2.45) is 0 Å². The number of carboxylic acids is 1. The van der Waals surface area contributed by atoms with Gasteiger partial charge in [0, 0.05) is 26.2 Å². The minimum Gasteiger partial charge on any atom is -0.478 e. The van der Waals surface area contributed by atoms with Gasteiger partial charge in [-0.1, -0.05) is 12.1 Å². The van der Waals surface area contributed by atoms with Crippen LogP contribution < -0.4 is 0 Å². The van der Waals surface area contributed by atoms with Gasteiger partial charge in [0.15, 0.2) is 0 Å². The molecule has 20 heavy (non-hydrogen) atoms. The average Bonchev–Trinajstić information content (AvgIpc) is 2.99. The van der Waals surface area contributed by atoms with Gasteiger partial charge in [-0.25, -0.2) is 9.59 Å². The molecule has 5 nitrogen and oxygen atoms in total. The first-order valence-electron chi connectivity index (χ1n) is 7.05. The van der Waals surface area contributed by atoms with Crippen LogP contribution in [0.4, 0.5) is 4.79 Å². The standard InChI is InChI=1S/C15H18N2O3/c18-14(19)13-5-3-4-11-10-17(9-6-12(11)13)15(20)16-7-1-2-8-16/h3-5H,1-2,6-10H2,(H,18,19). The lowest BCUT2D eigenvalue weighted by molar-refractivity contribution is 0.0695. The van der Waals surface area contributed by atoms with Crippen LogP contribution in [-0.2, 0) is 13.0 Å². The van der Waals surface area contributed by atoms with Crippen LogP contribution in [0.3, 0.4) is 0 Å². The van der Waals surface area contributed by atoms with E-state index in [-0.39, 0.29) is 6.03 Å². The highest BCUT2D eigenvalue weighted by molar-refractivity contribution is 5.90. The highest BCUT2D eigenvalue weighted by Crippen LogP contribution is 2.24. The number of carbonyl (C=O) groups excluding carboxylic acids is 1. The second kappa shape index (κ2) is 5.15. The Kier molecular flexibility index (Phi) is 3.34. The summed E-state index contributed by atoms with van der Waals surface area (Å²) in [6.45, 7) is 2.81. The summed E-state index contributed by atoms with van der Waals surface area (Å²) >= 11 is 0. The molecule has 1 aromatic carbocycles. The predicted octanol–water partition coefficient (Wildman–Crippen LogP) is 1.96. The molecule has 0 atom stereocenters. The summed E-state index contributed by atoms with van der Waals surface area (Å²) in [4.78, 5) is 27.3. The molecule has 0 spiro atoms. The van der Waals surface area contributed by atoms with E-state index in [4.69, 9.17) is 0 Å². The molecule has 2 heterocycles. The van der Waals surface area contributed by atoms with Gasteiger partial charge in [-0.3, -0.25) is 0 Å². The number of hydrogen-bond donors (Lipinski definition) is 1. The Morgan fingerprint density at radius 3 is 2.50 bits per heavy atom. The largest absolute Gasteiger partial charge is 0.478 e. The van der Waals surface area contributed by atoms with Gasteiger partial charge in [0.1, 0.15) is 0 Å². The molecule has 2 aliphatic heterocycles. The Morgan fingerprint density at radius 2 is 1.80 bits per heavy atom. The molecular formula is C15H18N2O3. The summed E-state index contributed by atoms with van der Waals surface area (Å²) in [6.07, 6.45) is 2.79. The van der Waals surface area contributed by atoms with Gasteiger partial charge in [-0.2, -0.15) is 0 Å². The van der Waals surface area contributed by atoms with Crippen molar-refractivity contribution in [3.8, 4) is 0 Å². The Morgan fingerprint density at radius 1 is 1.05 bits per heavy atom. The van der Waals surface area contributed by atoms with Crippen LogP contribution in [0.1, 0.15) is 34.3 Å². The molecule has 0 radical (unpaired) electrons. The van der Waals surface area contributed by atoms with Gasteiger partial charge in [0.05, 0.1) is 5.56 Å². The molecular weight excluding hydrogens is 256 g/mol. The number of rotatable bonds is 1. The molecule has 1 N–H and O–H groups in total. The topological polar surface area (TPSA) is 60.9 Å². The molecule has 0 aliphatic carbocycles. The monoisotopic (exact) mass is 274 g/mol. The third kappa shape index (κ3) is 2.24. The molecule has 0 saturated carbocycles. The second-order valence-corrected chi connectivity index (χ2v) is 5.40. The first-order valence-corrected chi connectivity index (χ1v) is 7.05. The van der Waals surface area contributed by atoms with Gasteiger partial charge in [0.25, 0.3) is 0 Å². The zero-order chi connectivity index (χ0) is 14.1. The van der Waals surface area contributed by atoms with Crippen LogP contribution in [0, 0.1) is 0 Å². The maximum Gasteiger partial charge on any atom is 0.335 e. The van der Waals surface area contributed by atoms with Crippen LogP contribution >= 0.6 is 0 Å². The minimum absolute atomic E-state index is 0.0916. The number of nitrogens with zero attached hydrogens (tertiary/aromatic N) is 2. The van der Waals surface area contributed by atoms with E-state index in [1.54, 1.807) is 12.1 Å². The molecule has 3 rings (SSSR count). The maximum atomic E-state index is 12.4. The van der Waals surface area contributed by atoms with E-state index in [2.05, 4.69) is 0 Å². The van der Waals surface area contributed by atoms with Crippen LogP contribution in [0.2, 0.25) is 0 Å². The predicted molar refractivity (Wildman–Crippen MR) is 73.7 cm³/mol. The zero-order valence-electron chi connectivity index (χ0n) is 11.3. The smallest absolute Gasteiger partial charge is 0.335 e. The maximum absolute atomic E-state index is 12.4. The van der Waals surface area contributed by atoms with Crippen molar-refractivity contribution in [1.82, 2.24) is 9.80 Å². The van der Waals surface area contributed by atoms with E-state index in [1.165, 1.54) is 0 Å². The Labute approximate surface area is 117 Å². The summed E-state index contributed by atoms with van der Waals surface area (Å²) in [7, 11) is 0. The number of benzene rings is 1. The molecule has 5 heteroatoms. The molecule has 1 saturated heterocycles. The summed E-state index contributed by atoms with van der Waals surface area (Å²) in [5.74, 6) is -0.888. The third-order valence-corrected chi connectivity index (χ3v) is 4.14. The zero-order valence-corrected chi connectivity index (χ0v) is 11.3. The number of urea groups is 1. The molecule has 106 valence electrons. The summed E-state index contributed by atoms with van der Waals surface area (Å²) in [5, 5.41) is 9.20. The second-order valence-electron chi connectivity index (χ2n) is 5.40. The summed E-state index contributed by atoms with van der Waals surface area (Å²) < 4.78 is 0. The fourth-order valence-corrected chi connectivity index (χ4v) is 3.08. The van der Waals surface area contributed by atoms with E-state index >= 15 is 0 Å². The van der Waals surface area contributed by atoms with Crippen molar-refractivity contribution in [2.45, 2.75) is 25.8 Å². The van der Waals surface area contributed by atoms with Crippen molar-refractivity contribution < 1.29 is 14.7 Å².